The molecule has 2 unspecified atom stereocenters. The number of rotatable bonds is 3. The van der Waals surface area contributed by atoms with E-state index in [0.29, 0.717) is 12.1 Å². The van der Waals surface area contributed by atoms with Crippen LogP contribution < -0.4 is 9.80 Å². The van der Waals surface area contributed by atoms with Crippen molar-refractivity contribution in [1.29, 1.82) is 0 Å². The van der Waals surface area contributed by atoms with E-state index in [1.807, 2.05) is 30.7 Å². The number of pyridine rings is 1. The number of anilines is 5. The molecule has 0 saturated heterocycles. The molecule has 0 fully saturated rings. The van der Waals surface area contributed by atoms with Crippen LogP contribution in [0.15, 0.2) is 102 Å². The van der Waals surface area contributed by atoms with E-state index in [1.54, 1.807) is 0 Å². The molecule has 0 N–H and O–H groups in total. The van der Waals surface area contributed by atoms with E-state index in [2.05, 4.69) is 118 Å². The average Bonchev–Trinajstić information content (AvgIpc) is 3.68. The van der Waals surface area contributed by atoms with Gasteiger partial charge in [0.1, 0.15) is 25.1 Å². The van der Waals surface area contributed by atoms with Crippen LogP contribution in [0.1, 0.15) is 12.0 Å². The number of benzene rings is 3. The Kier molecular flexibility index (Phi) is 4.95. The molecule has 0 amide bonds. The zero-order valence-corrected chi connectivity index (χ0v) is 22.8. The molecule has 0 spiro atoms. The van der Waals surface area contributed by atoms with Crippen molar-refractivity contribution >= 4 is 51.2 Å². The third kappa shape index (κ3) is 3.29. The summed E-state index contributed by atoms with van der Waals surface area (Å²) in [5.74, 6) is 0.476. The summed E-state index contributed by atoms with van der Waals surface area (Å²) >= 11 is 0. The number of aromatic nitrogens is 1. The van der Waals surface area contributed by atoms with Gasteiger partial charge >= 0.3 is 0 Å². The fraction of sp³-hybridized carbons (Fsp3) is 0.176. The third-order valence-electron chi connectivity index (χ3n) is 8.72. The quantitative estimate of drug-likeness (QED) is 0.230. The van der Waals surface area contributed by atoms with Crippen molar-refractivity contribution in [3.05, 3.63) is 103 Å². The molecule has 0 aliphatic carbocycles. The number of hydrogen-bond donors (Lipinski definition) is 0. The Hall–Kier alpha value is -4.84. The Morgan fingerprint density at radius 3 is 2.58 bits per heavy atom. The molecule has 8 rings (SSSR count). The van der Waals surface area contributed by atoms with E-state index >= 15 is 0 Å². The predicted octanol–water partition coefficient (Wildman–Crippen LogP) is 7.39. The Bertz CT molecular complexity index is 1850. The van der Waals surface area contributed by atoms with Gasteiger partial charge in [0, 0.05) is 55.6 Å². The first-order valence-corrected chi connectivity index (χ1v) is 13.8. The lowest BCUT2D eigenvalue weighted by atomic mass is 9.92. The van der Waals surface area contributed by atoms with Crippen molar-refractivity contribution in [1.82, 2.24) is 9.88 Å². The van der Waals surface area contributed by atoms with Crippen LogP contribution in [-0.4, -0.2) is 48.0 Å². The maximum absolute atomic E-state index is 6.09. The smallest absolute Gasteiger partial charge is 0.234 e. The fourth-order valence-corrected chi connectivity index (χ4v) is 6.85. The number of para-hydroxylation sites is 2. The summed E-state index contributed by atoms with van der Waals surface area (Å²) in [6.45, 7) is 0. The van der Waals surface area contributed by atoms with Gasteiger partial charge in [0.05, 0.1) is 34.4 Å². The largest absolute Gasteiger partial charge is 0.464 e. The minimum absolute atomic E-state index is 0.392. The van der Waals surface area contributed by atoms with E-state index in [9.17, 15) is 0 Å². The number of hydrogen-bond acceptors (Lipinski definition) is 5. The number of nitrogens with zero attached hydrogens (tertiary/aromatic N) is 5. The average molecular weight is 525 g/mol. The summed E-state index contributed by atoms with van der Waals surface area (Å²) < 4.78 is 8.44. The zero-order chi connectivity index (χ0) is 27.0. The Balaban J connectivity index is 1.31. The third-order valence-corrected chi connectivity index (χ3v) is 8.72. The van der Waals surface area contributed by atoms with Crippen LogP contribution in [0.2, 0.25) is 0 Å². The van der Waals surface area contributed by atoms with Crippen LogP contribution in [0, 0.1) is 5.92 Å². The molecule has 5 heterocycles. The summed E-state index contributed by atoms with van der Waals surface area (Å²) in [7, 11) is 6.50. The summed E-state index contributed by atoms with van der Waals surface area (Å²) in [4.78, 5) is 11.6. The molecule has 3 aliphatic heterocycles. The van der Waals surface area contributed by atoms with Crippen molar-refractivity contribution in [2.24, 2.45) is 5.92 Å². The number of furan rings is 1. The highest BCUT2D eigenvalue weighted by molar-refractivity contribution is 6.05. The second-order valence-electron chi connectivity index (χ2n) is 11.0. The highest BCUT2D eigenvalue weighted by Crippen LogP contribution is 2.53. The molecule has 0 saturated carbocycles. The van der Waals surface area contributed by atoms with Gasteiger partial charge in [-0.1, -0.05) is 30.3 Å². The first-order valence-electron chi connectivity index (χ1n) is 13.8. The molecule has 0 bridgehead atoms. The Morgan fingerprint density at radius 2 is 1.73 bits per heavy atom. The SMILES string of the molecule is CN1c2ccccc2N(c2cccc(C3=CN(C)C4C3CC=[N+]4C)c2)c2cc3c(-c4ccccn4)coc3cc21. The molecule has 2 aromatic heterocycles. The van der Waals surface area contributed by atoms with Crippen molar-refractivity contribution in [3.8, 4) is 11.3 Å². The normalized spacial score (nSPS) is 19.4. The molecule has 3 aliphatic rings. The maximum atomic E-state index is 6.09. The topological polar surface area (TPSA) is 38.8 Å². The molecule has 6 nitrogen and oxygen atoms in total. The van der Waals surface area contributed by atoms with Gasteiger partial charge < -0.3 is 19.1 Å². The molecule has 196 valence electrons. The molecule has 5 aromatic rings. The van der Waals surface area contributed by atoms with Crippen LogP contribution in [0.3, 0.4) is 0 Å². The molecule has 40 heavy (non-hydrogen) atoms. The lowest BCUT2D eigenvalue weighted by Gasteiger charge is -2.38. The van der Waals surface area contributed by atoms with E-state index < -0.39 is 0 Å². The lowest BCUT2D eigenvalue weighted by Crippen LogP contribution is -2.34. The van der Waals surface area contributed by atoms with Crippen LogP contribution in [0.5, 0.6) is 0 Å². The van der Waals surface area contributed by atoms with Gasteiger partial charge in [-0.25, -0.2) is 4.58 Å². The van der Waals surface area contributed by atoms with E-state index in [1.165, 1.54) is 11.1 Å². The van der Waals surface area contributed by atoms with Gasteiger partial charge in [-0.3, -0.25) is 4.98 Å². The second kappa shape index (κ2) is 8.58. The minimum atomic E-state index is 0.392. The van der Waals surface area contributed by atoms with Crippen molar-refractivity contribution in [2.75, 3.05) is 30.9 Å². The molecular formula is C34H30N5O+. The van der Waals surface area contributed by atoms with Crippen LogP contribution in [-0.2, 0) is 0 Å². The first kappa shape index (κ1) is 23.1. The maximum Gasteiger partial charge on any atom is 0.234 e. The van der Waals surface area contributed by atoms with Crippen LogP contribution >= 0.6 is 0 Å². The van der Waals surface area contributed by atoms with Gasteiger partial charge in [0.2, 0.25) is 6.17 Å². The summed E-state index contributed by atoms with van der Waals surface area (Å²) in [6, 6.07) is 28.0. The van der Waals surface area contributed by atoms with Gasteiger partial charge in [0.15, 0.2) is 0 Å². The summed E-state index contributed by atoms with van der Waals surface area (Å²) in [6.07, 6.45) is 9.77. The van der Waals surface area contributed by atoms with E-state index in [0.717, 1.165) is 57.1 Å². The molecule has 0 radical (unpaired) electrons. The number of fused-ring (bicyclic) bond motifs is 4. The predicted molar refractivity (Wildman–Crippen MR) is 162 cm³/mol. The standard InChI is InChI=1S/C34H30N5O/c1-36-16-14-24-26(20-37(2)34(24)36)22-9-8-10-23(17-22)39-30-13-5-4-12-29(30)38(3)31-19-33-25(18-32(31)39)27(21-40-33)28-11-6-7-15-35-28/h4-13,15-21,24,34H,14H2,1-3H3/q+1. The van der Waals surface area contributed by atoms with Gasteiger partial charge in [0.25, 0.3) is 0 Å². The Labute approximate surface area is 233 Å². The first-order chi connectivity index (χ1) is 19.6. The summed E-state index contributed by atoms with van der Waals surface area (Å²) in [5, 5.41) is 1.05. The van der Waals surface area contributed by atoms with E-state index in [-0.39, 0.29) is 0 Å². The molecule has 2 atom stereocenters. The van der Waals surface area contributed by atoms with Crippen molar-refractivity contribution in [3.63, 3.8) is 0 Å². The van der Waals surface area contributed by atoms with Crippen molar-refractivity contribution < 1.29 is 8.99 Å². The zero-order valence-electron chi connectivity index (χ0n) is 22.8. The highest BCUT2D eigenvalue weighted by atomic mass is 16.3. The molecule has 6 heteroatoms. The van der Waals surface area contributed by atoms with Gasteiger partial charge in [-0.05, 0) is 53.6 Å². The minimum Gasteiger partial charge on any atom is -0.464 e. The van der Waals surface area contributed by atoms with Crippen LogP contribution in [0.4, 0.5) is 28.4 Å². The van der Waals surface area contributed by atoms with Gasteiger partial charge in [-0.15, -0.1) is 0 Å². The monoisotopic (exact) mass is 524 g/mol. The highest BCUT2D eigenvalue weighted by Gasteiger charge is 2.44. The van der Waals surface area contributed by atoms with E-state index in [4.69, 9.17) is 4.42 Å². The molecular weight excluding hydrogens is 494 g/mol. The fourth-order valence-electron chi connectivity index (χ4n) is 6.85. The lowest BCUT2D eigenvalue weighted by molar-refractivity contribution is -0.550. The van der Waals surface area contributed by atoms with Crippen LogP contribution in [0.25, 0.3) is 27.8 Å². The second-order valence-corrected chi connectivity index (χ2v) is 11.0. The van der Waals surface area contributed by atoms with Gasteiger partial charge in [-0.2, -0.15) is 0 Å². The molecule has 3 aromatic carbocycles. The Morgan fingerprint density at radius 1 is 0.875 bits per heavy atom. The van der Waals surface area contributed by atoms with Crippen molar-refractivity contribution in [2.45, 2.75) is 12.6 Å². The summed E-state index contributed by atoms with van der Waals surface area (Å²) in [5.41, 5.74) is 11.1.